The van der Waals surface area contributed by atoms with Crippen molar-refractivity contribution < 1.29 is 0 Å². The Bertz CT molecular complexity index is 337. The Kier molecular flexibility index (Phi) is 6.06. The van der Waals surface area contributed by atoms with E-state index in [1.54, 1.807) is 11.3 Å². The van der Waals surface area contributed by atoms with E-state index in [0.717, 1.165) is 30.0 Å². The van der Waals surface area contributed by atoms with E-state index in [9.17, 15) is 0 Å². The van der Waals surface area contributed by atoms with Gasteiger partial charge in [0, 0.05) is 29.5 Å². The van der Waals surface area contributed by atoms with E-state index in [1.807, 2.05) is 6.20 Å². The van der Waals surface area contributed by atoms with Crippen LogP contribution in [0, 0.1) is 0 Å². The summed E-state index contributed by atoms with van der Waals surface area (Å²) in [6, 6.07) is 0. The highest BCUT2D eigenvalue weighted by Gasteiger charge is 2.06. The molecule has 1 aromatic heterocycles. The number of hydrogen-bond donors (Lipinski definition) is 0. The van der Waals surface area contributed by atoms with Crippen molar-refractivity contribution >= 4 is 38.5 Å². The molecule has 0 aromatic carbocycles. The SMILES string of the molecule is CCC(=Cc1cnc(N(CC)CC)s1)CBr. The molecule has 0 unspecified atom stereocenters. The minimum atomic E-state index is 0.946. The molecule has 0 bridgehead atoms. The molecule has 0 saturated carbocycles. The number of thiazole rings is 1. The van der Waals surface area contributed by atoms with E-state index in [2.05, 4.69) is 52.7 Å². The van der Waals surface area contributed by atoms with Crippen molar-refractivity contribution in [3.8, 4) is 0 Å². The largest absolute Gasteiger partial charge is 0.349 e. The van der Waals surface area contributed by atoms with Crippen LogP contribution < -0.4 is 4.90 Å². The lowest BCUT2D eigenvalue weighted by atomic mass is 10.2. The fourth-order valence-corrected chi connectivity index (χ4v) is 3.01. The van der Waals surface area contributed by atoms with E-state index >= 15 is 0 Å². The Morgan fingerprint density at radius 1 is 1.44 bits per heavy atom. The molecule has 0 fully saturated rings. The van der Waals surface area contributed by atoms with Gasteiger partial charge in [-0.25, -0.2) is 4.98 Å². The summed E-state index contributed by atoms with van der Waals surface area (Å²) in [6.07, 6.45) is 5.29. The average Bonchev–Trinajstić information content (AvgIpc) is 2.76. The number of aromatic nitrogens is 1. The molecule has 1 aromatic rings. The number of anilines is 1. The molecular weight excluding hydrogens is 284 g/mol. The van der Waals surface area contributed by atoms with Gasteiger partial charge in [0.2, 0.25) is 0 Å². The van der Waals surface area contributed by atoms with Crippen molar-refractivity contribution in [1.29, 1.82) is 0 Å². The third-order valence-corrected chi connectivity index (χ3v) is 4.24. The molecule has 1 rings (SSSR count). The molecule has 0 amide bonds. The number of rotatable bonds is 6. The zero-order valence-electron chi connectivity index (χ0n) is 10.2. The van der Waals surface area contributed by atoms with Crippen molar-refractivity contribution in [3.05, 3.63) is 16.6 Å². The van der Waals surface area contributed by atoms with E-state index in [1.165, 1.54) is 10.5 Å². The molecule has 16 heavy (non-hydrogen) atoms. The predicted molar refractivity (Wildman–Crippen MR) is 77.7 cm³/mol. The Morgan fingerprint density at radius 2 is 2.12 bits per heavy atom. The van der Waals surface area contributed by atoms with Gasteiger partial charge in [-0.05, 0) is 26.3 Å². The van der Waals surface area contributed by atoms with Gasteiger partial charge < -0.3 is 4.90 Å². The molecule has 90 valence electrons. The molecule has 0 aliphatic heterocycles. The maximum Gasteiger partial charge on any atom is 0.185 e. The number of halogens is 1. The Balaban J connectivity index is 2.82. The molecular formula is C12H19BrN2S. The van der Waals surface area contributed by atoms with E-state index in [-0.39, 0.29) is 0 Å². The van der Waals surface area contributed by atoms with Crippen molar-refractivity contribution in [3.63, 3.8) is 0 Å². The van der Waals surface area contributed by atoms with Crippen LogP contribution in [0.1, 0.15) is 32.1 Å². The quantitative estimate of drug-likeness (QED) is 0.733. The lowest BCUT2D eigenvalue weighted by Gasteiger charge is -2.16. The van der Waals surface area contributed by atoms with Crippen LogP contribution in [0.15, 0.2) is 11.8 Å². The molecule has 0 aliphatic rings. The molecule has 4 heteroatoms. The highest BCUT2D eigenvalue weighted by Crippen LogP contribution is 2.25. The summed E-state index contributed by atoms with van der Waals surface area (Å²) in [7, 11) is 0. The summed E-state index contributed by atoms with van der Waals surface area (Å²) in [6.45, 7) is 8.55. The van der Waals surface area contributed by atoms with Crippen LogP contribution in [0.25, 0.3) is 6.08 Å². The molecule has 0 radical (unpaired) electrons. The third-order valence-electron chi connectivity index (χ3n) is 2.52. The fourth-order valence-electron chi connectivity index (χ4n) is 1.42. The summed E-state index contributed by atoms with van der Waals surface area (Å²) in [5.74, 6) is 0. The minimum Gasteiger partial charge on any atom is -0.349 e. The van der Waals surface area contributed by atoms with Crippen molar-refractivity contribution in [2.24, 2.45) is 0 Å². The predicted octanol–water partition coefficient (Wildman–Crippen LogP) is 4.18. The number of alkyl halides is 1. The smallest absolute Gasteiger partial charge is 0.185 e. The van der Waals surface area contributed by atoms with Crippen molar-refractivity contribution in [1.82, 2.24) is 4.98 Å². The first-order valence-corrected chi connectivity index (χ1v) is 7.65. The summed E-state index contributed by atoms with van der Waals surface area (Å²) in [5.41, 5.74) is 1.41. The number of allylic oxidation sites excluding steroid dienone is 1. The second kappa shape index (κ2) is 7.07. The second-order valence-corrected chi connectivity index (χ2v) is 5.11. The Labute approximate surface area is 111 Å². The van der Waals surface area contributed by atoms with E-state index < -0.39 is 0 Å². The van der Waals surface area contributed by atoms with Gasteiger partial charge in [0.05, 0.1) is 0 Å². The van der Waals surface area contributed by atoms with Crippen LogP contribution in [0.3, 0.4) is 0 Å². The zero-order valence-corrected chi connectivity index (χ0v) is 12.6. The molecule has 1 heterocycles. The van der Waals surface area contributed by atoms with Gasteiger partial charge in [-0.15, -0.1) is 0 Å². The van der Waals surface area contributed by atoms with Gasteiger partial charge in [-0.3, -0.25) is 0 Å². The molecule has 0 saturated heterocycles. The first-order chi connectivity index (χ1) is 7.74. The van der Waals surface area contributed by atoms with Gasteiger partial charge in [0.1, 0.15) is 0 Å². The molecule has 0 spiro atoms. The van der Waals surface area contributed by atoms with Crippen molar-refractivity contribution in [2.45, 2.75) is 27.2 Å². The zero-order chi connectivity index (χ0) is 12.0. The summed E-state index contributed by atoms with van der Waals surface area (Å²) in [4.78, 5) is 7.99. The Morgan fingerprint density at radius 3 is 2.62 bits per heavy atom. The lowest BCUT2D eigenvalue weighted by molar-refractivity contribution is 0.860. The second-order valence-electron chi connectivity index (χ2n) is 3.51. The standard InChI is InChI=1S/C12H19BrN2S/c1-4-10(8-13)7-11-9-14-12(16-11)15(5-2)6-3/h7,9H,4-6,8H2,1-3H3. The average molecular weight is 303 g/mol. The van der Waals surface area contributed by atoms with Crippen molar-refractivity contribution in [2.75, 3.05) is 23.3 Å². The molecule has 0 atom stereocenters. The topological polar surface area (TPSA) is 16.1 Å². The van der Waals surface area contributed by atoms with Gasteiger partial charge in [0.15, 0.2) is 5.13 Å². The highest BCUT2D eigenvalue weighted by atomic mass is 79.9. The van der Waals surface area contributed by atoms with Gasteiger partial charge in [-0.2, -0.15) is 0 Å². The Hall–Kier alpha value is -0.350. The van der Waals surface area contributed by atoms with Crippen LogP contribution in [0.5, 0.6) is 0 Å². The highest BCUT2D eigenvalue weighted by molar-refractivity contribution is 9.09. The normalized spacial score (nSPS) is 11.9. The number of hydrogen-bond acceptors (Lipinski definition) is 3. The molecule has 2 nitrogen and oxygen atoms in total. The van der Waals surface area contributed by atoms with Crippen LogP contribution in [0.2, 0.25) is 0 Å². The third kappa shape index (κ3) is 3.59. The van der Waals surface area contributed by atoms with Crippen LogP contribution in [0.4, 0.5) is 5.13 Å². The first kappa shape index (κ1) is 13.7. The minimum absolute atomic E-state index is 0.946. The first-order valence-electron chi connectivity index (χ1n) is 5.71. The monoisotopic (exact) mass is 302 g/mol. The van der Waals surface area contributed by atoms with Crippen LogP contribution in [-0.2, 0) is 0 Å². The van der Waals surface area contributed by atoms with Crippen LogP contribution >= 0.6 is 27.3 Å². The van der Waals surface area contributed by atoms with Gasteiger partial charge >= 0.3 is 0 Å². The van der Waals surface area contributed by atoms with Gasteiger partial charge in [-0.1, -0.05) is 39.8 Å². The fraction of sp³-hybridized carbons (Fsp3) is 0.583. The summed E-state index contributed by atoms with van der Waals surface area (Å²) in [5, 5.41) is 2.07. The van der Waals surface area contributed by atoms with Crippen LogP contribution in [-0.4, -0.2) is 23.4 Å². The summed E-state index contributed by atoms with van der Waals surface area (Å²) < 4.78 is 0. The maximum absolute atomic E-state index is 4.46. The molecule has 0 N–H and O–H groups in total. The lowest BCUT2D eigenvalue weighted by Crippen LogP contribution is -2.21. The van der Waals surface area contributed by atoms with E-state index in [4.69, 9.17) is 0 Å². The van der Waals surface area contributed by atoms with Gasteiger partial charge in [0.25, 0.3) is 0 Å². The number of nitrogens with zero attached hydrogens (tertiary/aromatic N) is 2. The summed E-state index contributed by atoms with van der Waals surface area (Å²) >= 11 is 5.27. The van der Waals surface area contributed by atoms with E-state index in [0.29, 0.717) is 0 Å². The molecule has 0 aliphatic carbocycles. The maximum atomic E-state index is 4.46.